The number of fused-ring (bicyclic) bond motifs is 1. The van der Waals surface area contributed by atoms with Crippen LogP contribution in [0.4, 0.5) is 4.79 Å². The Bertz CT molecular complexity index is 724. The molecule has 2 saturated heterocycles. The fourth-order valence-electron chi connectivity index (χ4n) is 3.63. The van der Waals surface area contributed by atoms with Gasteiger partial charge in [-0.25, -0.2) is 9.59 Å². The first-order valence-electron chi connectivity index (χ1n) is 9.32. The Balaban J connectivity index is 1.81. The van der Waals surface area contributed by atoms with Gasteiger partial charge in [0.25, 0.3) is 0 Å². The summed E-state index contributed by atoms with van der Waals surface area (Å²) in [4.78, 5) is 26.4. The Morgan fingerprint density at radius 2 is 1.76 bits per heavy atom. The number of nitrogens with zero attached hydrogens (tertiary/aromatic N) is 1. The summed E-state index contributed by atoms with van der Waals surface area (Å²) in [5.41, 5.74) is 0.845. The van der Waals surface area contributed by atoms with Crippen LogP contribution in [0.3, 0.4) is 0 Å². The molecule has 0 bridgehead atoms. The van der Waals surface area contributed by atoms with Gasteiger partial charge in [-0.15, -0.1) is 0 Å². The van der Waals surface area contributed by atoms with Crippen LogP contribution in [0, 0.1) is 0 Å². The van der Waals surface area contributed by atoms with E-state index in [1.54, 1.807) is 13.8 Å². The molecule has 0 aliphatic carbocycles. The highest BCUT2D eigenvalue weighted by molar-refractivity contribution is 5.77. The molecule has 3 rings (SSSR count). The summed E-state index contributed by atoms with van der Waals surface area (Å²) >= 11 is 0. The molecule has 1 amide bonds. The van der Waals surface area contributed by atoms with Gasteiger partial charge in [0.15, 0.2) is 18.2 Å². The van der Waals surface area contributed by atoms with Gasteiger partial charge in [0, 0.05) is 14.2 Å². The number of carbonyl (C=O) groups excluding carboxylic acids is 2. The lowest BCUT2D eigenvalue weighted by atomic mass is 9.95. The van der Waals surface area contributed by atoms with Crippen molar-refractivity contribution in [3.63, 3.8) is 0 Å². The third-order valence-corrected chi connectivity index (χ3v) is 4.97. The van der Waals surface area contributed by atoms with Crippen molar-refractivity contribution in [2.75, 3.05) is 21.3 Å². The van der Waals surface area contributed by atoms with Crippen LogP contribution in [-0.4, -0.2) is 74.7 Å². The highest BCUT2D eigenvalue weighted by atomic mass is 16.8. The fourth-order valence-corrected chi connectivity index (χ4v) is 3.63. The van der Waals surface area contributed by atoms with E-state index >= 15 is 0 Å². The molecule has 5 atom stereocenters. The number of carbonyl (C=O) groups is 2. The van der Waals surface area contributed by atoms with Crippen LogP contribution in [0.5, 0.6) is 0 Å². The molecule has 160 valence electrons. The summed E-state index contributed by atoms with van der Waals surface area (Å²) < 4.78 is 33.3. The molecule has 0 radical (unpaired) electrons. The van der Waals surface area contributed by atoms with Crippen molar-refractivity contribution < 1.29 is 38.0 Å². The molecular formula is C20H27NO8. The molecule has 29 heavy (non-hydrogen) atoms. The standard InChI is InChI=1S/C20H27NO8/c1-20(2)28-14-13(15(17(22)24-4)27-18(25-5)16(14)29-20)21(3)19(23)26-11-12-9-7-6-8-10-12/h6-10,13-16,18H,11H2,1-5H3/t13-,14+,15+,16+,18+/m1/s1. The van der Waals surface area contributed by atoms with Crippen LogP contribution in [-0.2, 0) is 39.8 Å². The van der Waals surface area contributed by atoms with E-state index in [2.05, 4.69) is 0 Å². The first-order valence-corrected chi connectivity index (χ1v) is 9.32. The van der Waals surface area contributed by atoms with Crippen molar-refractivity contribution in [3.05, 3.63) is 35.9 Å². The van der Waals surface area contributed by atoms with E-state index in [-0.39, 0.29) is 6.61 Å². The van der Waals surface area contributed by atoms with Gasteiger partial charge in [-0.1, -0.05) is 30.3 Å². The third kappa shape index (κ3) is 4.53. The SMILES string of the molecule is COC(=O)[C@H]1O[C@H](OC)[C@H]2OC(C)(C)O[C@H]2[C@H]1N(C)C(=O)OCc1ccccc1. The molecule has 2 fully saturated rings. The molecular weight excluding hydrogens is 382 g/mol. The number of esters is 1. The Kier molecular flexibility index (Phi) is 6.42. The van der Waals surface area contributed by atoms with E-state index in [9.17, 15) is 9.59 Å². The quantitative estimate of drug-likeness (QED) is 0.679. The Labute approximate surface area is 169 Å². The Hall–Kier alpha value is -2.20. The molecule has 2 aliphatic rings. The van der Waals surface area contributed by atoms with Gasteiger partial charge in [0.05, 0.1) is 7.11 Å². The van der Waals surface area contributed by atoms with E-state index in [0.29, 0.717) is 0 Å². The van der Waals surface area contributed by atoms with Crippen molar-refractivity contribution in [2.45, 2.75) is 56.9 Å². The van der Waals surface area contributed by atoms with Crippen molar-refractivity contribution in [1.29, 1.82) is 0 Å². The lowest BCUT2D eigenvalue weighted by Gasteiger charge is -2.43. The zero-order valence-corrected chi connectivity index (χ0v) is 17.2. The minimum absolute atomic E-state index is 0.0954. The molecule has 0 saturated carbocycles. The predicted molar refractivity (Wildman–Crippen MR) is 99.7 cm³/mol. The van der Waals surface area contributed by atoms with Crippen molar-refractivity contribution in [1.82, 2.24) is 4.90 Å². The van der Waals surface area contributed by atoms with E-state index < -0.39 is 48.5 Å². The first-order chi connectivity index (χ1) is 13.8. The third-order valence-electron chi connectivity index (χ3n) is 4.97. The number of likely N-dealkylation sites (N-methyl/N-ethyl adjacent to an activating group) is 1. The molecule has 2 heterocycles. The largest absolute Gasteiger partial charge is 0.467 e. The van der Waals surface area contributed by atoms with Crippen LogP contribution in [0.15, 0.2) is 30.3 Å². The second-order valence-electron chi connectivity index (χ2n) is 7.39. The zero-order chi connectivity index (χ0) is 21.2. The lowest BCUT2D eigenvalue weighted by Crippen LogP contribution is -2.65. The molecule has 0 N–H and O–H groups in total. The second kappa shape index (κ2) is 8.66. The summed E-state index contributed by atoms with van der Waals surface area (Å²) in [7, 11) is 4.22. The summed E-state index contributed by atoms with van der Waals surface area (Å²) in [6, 6.07) is 8.47. The normalized spacial score (nSPS) is 30.3. The van der Waals surface area contributed by atoms with E-state index in [1.807, 2.05) is 30.3 Å². The van der Waals surface area contributed by atoms with Crippen molar-refractivity contribution in [3.8, 4) is 0 Å². The second-order valence-corrected chi connectivity index (χ2v) is 7.39. The zero-order valence-electron chi connectivity index (χ0n) is 17.2. The van der Waals surface area contributed by atoms with Crippen LogP contribution >= 0.6 is 0 Å². The summed E-state index contributed by atoms with van der Waals surface area (Å²) in [6.45, 7) is 3.59. The van der Waals surface area contributed by atoms with Crippen LogP contribution in [0.1, 0.15) is 19.4 Å². The number of hydrogen-bond donors (Lipinski definition) is 0. The topological polar surface area (TPSA) is 92.8 Å². The molecule has 2 aliphatic heterocycles. The maximum atomic E-state index is 12.7. The number of benzene rings is 1. The van der Waals surface area contributed by atoms with Crippen LogP contribution in [0.25, 0.3) is 0 Å². The van der Waals surface area contributed by atoms with Crippen LogP contribution < -0.4 is 0 Å². The average Bonchev–Trinajstić information content (AvgIpc) is 3.05. The maximum absolute atomic E-state index is 12.7. The summed E-state index contributed by atoms with van der Waals surface area (Å²) in [5, 5.41) is 0. The number of amides is 1. The molecule has 9 heteroatoms. The predicted octanol–water partition coefficient (Wildman–Crippen LogP) is 1.69. The molecule has 0 spiro atoms. The van der Waals surface area contributed by atoms with E-state index in [1.165, 1.54) is 26.2 Å². The monoisotopic (exact) mass is 409 g/mol. The summed E-state index contributed by atoms with van der Waals surface area (Å²) in [5.74, 6) is -1.58. The van der Waals surface area contributed by atoms with Crippen LogP contribution in [0.2, 0.25) is 0 Å². The van der Waals surface area contributed by atoms with Gasteiger partial charge in [-0.3, -0.25) is 0 Å². The fraction of sp³-hybridized carbons (Fsp3) is 0.600. The minimum Gasteiger partial charge on any atom is -0.467 e. The van der Waals surface area contributed by atoms with Gasteiger partial charge in [0.1, 0.15) is 24.9 Å². The smallest absolute Gasteiger partial charge is 0.410 e. The Morgan fingerprint density at radius 3 is 2.38 bits per heavy atom. The van der Waals surface area contributed by atoms with E-state index in [0.717, 1.165) is 5.56 Å². The van der Waals surface area contributed by atoms with E-state index in [4.69, 9.17) is 28.4 Å². The van der Waals surface area contributed by atoms with Crippen molar-refractivity contribution >= 4 is 12.1 Å². The molecule has 9 nitrogen and oxygen atoms in total. The number of methoxy groups -OCH3 is 2. The van der Waals surface area contributed by atoms with Crippen molar-refractivity contribution in [2.24, 2.45) is 0 Å². The average molecular weight is 409 g/mol. The molecule has 1 aromatic rings. The first kappa shape index (κ1) is 21.5. The lowest BCUT2D eigenvalue weighted by molar-refractivity contribution is -0.256. The summed E-state index contributed by atoms with van der Waals surface area (Å²) in [6.07, 6.45) is -3.92. The molecule has 1 aromatic carbocycles. The number of hydrogen-bond acceptors (Lipinski definition) is 8. The highest BCUT2D eigenvalue weighted by Gasteiger charge is 2.59. The van der Waals surface area contributed by atoms with Gasteiger partial charge in [0.2, 0.25) is 0 Å². The number of ether oxygens (including phenoxy) is 6. The highest BCUT2D eigenvalue weighted by Crippen LogP contribution is 2.39. The number of rotatable bonds is 5. The minimum atomic E-state index is -1.13. The van der Waals surface area contributed by atoms with Gasteiger partial charge >= 0.3 is 12.1 Å². The van der Waals surface area contributed by atoms with Gasteiger partial charge < -0.3 is 33.3 Å². The maximum Gasteiger partial charge on any atom is 0.410 e. The Morgan fingerprint density at radius 1 is 1.10 bits per heavy atom. The van der Waals surface area contributed by atoms with Gasteiger partial charge in [-0.2, -0.15) is 0 Å². The van der Waals surface area contributed by atoms with Gasteiger partial charge in [-0.05, 0) is 19.4 Å². The molecule has 0 unspecified atom stereocenters. The molecule has 0 aromatic heterocycles.